The third-order valence-electron chi connectivity index (χ3n) is 2.36. The topological polar surface area (TPSA) is 26.3 Å². The molecule has 0 fully saturated rings. The minimum Gasteiger partial charge on any atom is -0.401 e. The molecule has 0 bridgehead atoms. The Morgan fingerprint density at radius 3 is 2.44 bits per heavy atom. The molecule has 2 aromatic rings. The van der Waals surface area contributed by atoms with Crippen LogP contribution in [-0.2, 0) is 6.18 Å². The Kier molecular flexibility index (Phi) is 2.94. The van der Waals surface area contributed by atoms with Crippen LogP contribution in [0.5, 0.6) is 5.75 Å². The lowest BCUT2D eigenvalue weighted by Crippen LogP contribution is -2.05. The van der Waals surface area contributed by atoms with E-state index >= 15 is 0 Å². The van der Waals surface area contributed by atoms with Gasteiger partial charge in [-0.1, -0.05) is 18.2 Å². The zero-order chi connectivity index (χ0) is 13.3. The third-order valence-corrected chi connectivity index (χ3v) is 2.36. The molecule has 0 aliphatic carbocycles. The molecule has 2 aromatic carbocycles. The molecule has 2 nitrogen and oxygen atoms in total. The van der Waals surface area contributed by atoms with E-state index in [-0.39, 0.29) is 16.5 Å². The molecule has 2 rings (SSSR count). The van der Waals surface area contributed by atoms with Gasteiger partial charge in [0.25, 0.3) is 0 Å². The molecular formula is C12H6F4O2. The predicted molar refractivity (Wildman–Crippen MR) is 56.1 cm³/mol. The van der Waals surface area contributed by atoms with Crippen LogP contribution in [0, 0.1) is 0 Å². The number of hydrogen-bond donors (Lipinski definition) is 0. The van der Waals surface area contributed by atoms with Crippen LogP contribution in [0.4, 0.5) is 22.4 Å². The van der Waals surface area contributed by atoms with E-state index in [1.54, 1.807) is 0 Å². The molecule has 0 heterocycles. The van der Waals surface area contributed by atoms with Crippen LogP contribution in [0.25, 0.3) is 10.8 Å². The lowest BCUT2D eigenvalue weighted by Gasteiger charge is -2.10. The number of carbonyl (C=O) groups is 1. The van der Waals surface area contributed by atoms with Crippen molar-refractivity contribution in [1.29, 1.82) is 0 Å². The van der Waals surface area contributed by atoms with Crippen LogP contribution in [0.2, 0.25) is 0 Å². The summed E-state index contributed by atoms with van der Waals surface area (Å²) in [7, 11) is 0. The minimum absolute atomic E-state index is 0.0383. The van der Waals surface area contributed by atoms with Gasteiger partial charge in [-0.25, -0.2) is 4.79 Å². The average Bonchev–Trinajstić information content (AvgIpc) is 2.25. The maximum absolute atomic E-state index is 12.7. The number of alkyl halides is 3. The largest absolute Gasteiger partial charge is 0.500 e. The average molecular weight is 258 g/mol. The second-order valence-electron chi connectivity index (χ2n) is 3.53. The molecule has 0 aromatic heterocycles. The molecule has 18 heavy (non-hydrogen) atoms. The second-order valence-corrected chi connectivity index (χ2v) is 3.53. The Hall–Kier alpha value is -2.11. The Balaban J connectivity index is 2.57. The lowest BCUT2D eigenvalue weighted by molar-refractivity contribution is -0.136. The number of halogens is 4. The van der Waals surface area contributed by atoms with Crippen molar-refractivity contribution in [3.63, 3.8) is 0 Å². The van der Waals surface area contributed by atoms with E-state index in [2.05, 4.69) is 4.74 Å². The number of fused-ring (bicyclic) bond motifs is 1. The highest BCUT2D eigenvalue weighted by Crippen LogP contribution is 2.35. The standard InChI is InChI=1S/C12H6F4O2/c13-11(17)18-8-4-5-9-7(6-8)2-1-3-10(9)12(14,15)16/h1-6H. The summed E-state index contributed by atoms with van der Waals surface area (Å²) in [6, 6.07) is 7.00. The highest BCUT2D eigenvalue weighted by Gasteiger charge is 2.32. The van der Waals surface area contributed by atoms with Crippen LogP contribution in [0.1, 0.15) is 5.56 Å². The fourth-order valence-corrected chi connectivity index (χ4v) is 1.67. The van der Waals surface area contributed by atoms with Gasteiger partial charge in [0, 0.05) is 0 Å². The first kappa shape index (κ1) is 12.3. The first-order valence-electron chi connectivity index (χ1n) is 4.85. The zero-order valence-corrected chi connectivity index (χ0v) is 8.79. The van der Waals surface area contributed by atoms with E-state index in [4.69, 9.17) is 0 Å². The SMILES string of the molecule is O=C(F)Oc1ccc2c(C(F)(F)F)cccc2c1. The first-order valence-corrected chi connectivity index (χ1v) is 4.85. The lowest BCUT2D eigenvalue weighted by atomic mass is 10.0. The van der Waals surface area contributed by atoms with E-state index in [0.717, 1.165) is 18.2 Å². The third kappa shape index (κ3) is 2.42. The Bertz CT molecular complexity index is 605. The number of hydrogen-bond acceptors (Lipinski definition) is 2. The van der Waals surface area contributed by atoms with Gasteiger partial charge in [-0.05, 0) is 29.0 Å². The molecule has 0 unspecified atom stereocenters. The summed E-state index contributed by atoms with van der Waals surface area (Å²) in [5, 5.41) is 0.173. The van der Waals surface area contributed by atoms with Gasteiger partial charge in [0.05, 0.1) is 5.56 Å². The minimum atomic E-state index is -4.47. The normalized spacial score (nSPS) is 11.6. The van der Waals surface area contributed by atoms with Crippen molar-refractivity contribution < 1.29 is 27.1 Å². The fourth-order valence-electron chi connectivity index (χ4n) is 1.67. The maximum Gasteiger partial charge on any atom is 0.500 e. The summed E-state index contributed by atoms with van der Waals surface area (Å²) in [5.41, 5.74) is -0.793. The van der Waals surface area contributed by atoms with Crippen molar-refractivity contribution >= 4 is 17.0 Å². The summed E-state index contributed by atoms with van der Waals surface area (Å²) < 4.78 is 54.2. The van der Waals surface area contributed by atoms with Crippen LogP contribution >= 0.6 is 0 Å². The van der Waals surface area contributed by atoms with Gasteiger partial charge in [0.1, 0.15) is 5.75 Å². The zero-order valence-electron chi connectivity index (χ0n) is 8.79. The van der Waals surface area contributed by atoms with Gasteiger partial charge in [-0.2, -0.15) is 13.2 Å². The molecule has 0 spiro atoms. The van der Waals surface area contributed by atoms with Crippen molar-refractivity contribution in [2.24, 2.45) is 0 Å². The Morgan fingerprint density at radius 2 is 1.83 bits per heavy atom. The molecule has 0 radical (unpaired) electrons. The molecule has 0 aliphatic rings. The fraction of sp³-hybridized carbons (Fsp3) is 0.0833. The molecule has 0 N–H and O–H groups in total. The highest BCUT2D eigenvalue weighted by atomic mass is 19.4. The van der Waals surface area contributed by atoms with E-state index in [1.165, 1.54) is 18.2 Å². The molecule has 94 valence electrons. The number of rotatable bonds is 1. The van der Waals surface area contributed by atoms with E-state index in [0.29, 0.717) is 0 Å². The Labute approximate surface area is 98.8 Å². The van der Waals surface area contributed by atoms with Crippen molar-refractivity contribution in [1.82, 2.24) is 0 Å². The van der Waals surface area contributed by atoms with E-state index in [1.807, 2.05) is 0 Å². The maximum atomic E-state index is 12.7. The number of ether oxygens (including phenoxy) is 1. The van der Waals surface area contributed by atoms with E-state index < -0.39 is 18.0 Å². The number of benzene rings is 2. The molecular weight excluding hydrogens is 252 g/mol. The Morgan fingerprint density at radius 1 is 1.11 bits per heavy atom. The summed E-state index contributed by atoms with van der Waals surface area (Å²) >= 11 is 0. The van der Waals surface area contributed by atoms with Crippen molar-refractivity contribution in [3.8, 4) is 5.75 Å². The van der Waals surface area contributed by atoms with Crippen LogP contribution in [-0.4, -0.2) is 6.22 Å². The van der Waals surface area contributed by atoms with Crippen LogP contribution in [0.3, 0.4) is 0 Å². The molecule has 0 saturated heterocycles. The summed E-state index contributed by atoms with van der Waals surface area (Å²) in [5.74, 6) is -0.144. The van der Waals surface area contributed by atoms with Crippen molar-refractivity contribution in [2.75, 3.05) is 0 Å². The summed E-state index contributed by atoms with van der Waals surface area (Å²) in [6.45, 7) is 0. The van der Waals surface area contributed by atoms with Crippen LogP contribution in [0.15, 0.2) is 36.4 Å². The van der Waals surface area contributed by atoms with Gasteiger partial charge in [0.15, 0.2) is 0 Å². The molecule has 6 heteroatoms. The molecule has 0 saturated carbocycles. The first-order chi connectivity index (χ1) is 8.38. The van der Waals surface area contributed by atoms with Crippen LogP contribution < -0.4 is 4.74 Å². The highest BCUT2D eigenvalue weighted by molar-refractivity contribution is 5.87. The predicted octanol–water partition coefficient (Wildman–Crippen LogP) is 4.33. The van der Waals surface area contributed by atoms with E-state index in [9.17, 15) is 22.4 Å². The molecule has 0 atom stereocenters. The molecule has 0 amide bonds. The second kappa shape index (κ2) is 4.29. The van der Waals surface area contributed by atoms with Crippen molar-refractivity contribution in [3.05, 3.63) is 42.0 Å². The number of carbonyl (C=O) groups excluding carboxylic acids is 1. The monoisotopic (exact) mass is 258 g/mol. The quantitative estimate of drug-likeness (QED) is 0.562. The summed E-state index contributed by atoms with van der Waals surface area (Å²) in [6.07, 6.45) is -6.49. The van der Waals surface area contributed by atoms with Gasteiger partial charge < -0.3 is 4.74 Å². The van der Waals surface area contributed by atoms with Gasteiger partial charge >= 0.3 is 12.4 Å². The van der Waals surface area contributed by atoms with Gasteiger partial charge in [-0.15, -0.1) is 4.39 Å². The van der Waals surface area contributed by atoms with Gasteiger partial charge in [-0.3, -0.25) is 0 Å². The van der Waals surface area contributed by atoms with Gasteiger partial charge in [0.2, 0.25) is 0 Å². The molecule has 0 aliphatic heterocycles. The summed E-state index contributed by atoms with van der Waals surface area (Å²) in [4.78, 5) is 10.1. The van der Waals surface area contributed by atoms with Crippen molar-refractivity contribution in [2.45, 2.75) is 6.18 Å². The smallest absolute Gasteiger partial charge is 0.401 e.